The Hall–Kier alpha value is -0.770. The van der Waals surface area contributed by atoms with Crippen LogP contribution in [0.4, 0.5) is 4.79 Å². The molecule has 0 saturated heterocycles. The summed E-state index contributed by atoms with van der Waals surface area (Å²) >= 11 is 0. The van der Waals surface area contributed by atoms with Gasteiger partial charge in [0.2, 0.25) is 0 Å². The molecule has 1 saturated carbocycles. The number of alkyl carbamates (subject to hydrolysis) is 1. The first-order chi connectivity index (χ1) is 6.96. The number of hydrogen-bond acceptors (Lipinski definition) is 3. The van der Waals surface area contributed by atoms with E-state index in [0.29, 0.717) is 6.54 Å². The number of carbonyl (C=O) groups excluding carboxylic acids is 1. The number of nitrogens with zero attached hydrogens (tertiary/aromatic N) is 1. The molecular weight excluding hydrogens is 192 g/mol. The second-order valence-electron chi connectivity index (χ2n) is 4.78. The van der Waals surface area contributed by atoms with E-state index >= 15 is 0 Å². The van der Waals surface area contributed by atoms with E-state index < -0.39 is 0 Å². The lowest BCUT2D eigenvalue weighted by Gasteiger charge is -2.47. The highest BCUT2D eigenvalue weighted by Crippen LogP contribution is 2.35. The first-order valence-electron chi connectivity index (χ1n) is 5.58. The number of carbonyl (C=O) groups is 1. The van der Waals surface area contributed by atoms with Crippen LogP contribution < -0.4 is 5.32 Å². The van der Waals surface area contributed by atoms with Crippen LogP contribution in [0.1, 0.15) is 33.1 Å². The first kappa shape index (κ1) is 12.3. The third kappa shape index (κ3) is 3.09. The Kier molecular flexibility index (Phi) is 3.97. The minimum atomic E-state index is -0.307. The van der Waals surface area contributed by atoms with Crippen LogP contribution in [0.5, 0.6) is 0 Å². The van der Waals surface area contributed by atoms with Gasteiger partial charge < -0.3 is 15.0 Å². The summed E-state index contributed by atoms with van der Waals surface area (Å²) in [6, 6.07) is 0. The maximum Gasteiger partial charge on any atom is 0.407 e. The van der Waals surface area contributed by atoms with Crippen molar-refractivity contribution < 1.29 is 9.53 Å². The molecule has 1 aliphatic carbocycles. The molecule has 0 atom stereocenters. The molecule has 4 heteroatoms. The van der Waals surface area contributed by atoms with Crippen molar-refractivity contribution in [2.75, 3.05) is 20.6 Å². The minimum absolute atomic E-state index is 0.0540. The topological polar surface area (TPSA) is 41.6 Å². The summed E-state index contributed by atoms with van der Waals surface area (Å²) in [4.78, 5) is 13.5. The molecule has 0 radical (unpaired) electrons. The highest BCUT2D eigenvalue weighted by molar-refractivity contribution is 5.67. The molecule has 1 N–H and O–H groups in total. The highest BCUT2D eigenvalue weighted by Gasteiger charge is 2.39. The van der Waals surface area contributed by atoms with Crippen molar-refractivity contribution >= 4 is 6.09 Å². The zero-order chi connectivity index (χ0) is 11.5. The van der Waals surface area contributed by atoms with E-state index in [0.717, 1.165) is 12.8 Å². The minimum Gasteiger partial charge on any atom is -0.447 e. The molecule has 0 unspecified atom stereocenters. The number of amides is 1. The summed E-state index contributed by atoms with van der Waals surface area (Å²) in [5.74, 6) is 0. The molecule has 15 heavy (non-hydrogen) atoms. The molecule has 0 aromatic carbocycles. The molecule has 1 aliphatic rings. The van der Waals surface area contributed by atoms with Crippen LogP contribution in [0, 0.1) is 0 Å². The smallest absolute Gasteiger partial charge is 0.407 e. The van der Waals surface area contributed by atoms with Crippen molar-refractivity contribution in [3.8, 4) is 0 Å². The Morgan fingerprint density at radius 3 is 2.40 bits per heavy atom. The quantitative estimate of drug-likeness (QED) is 0.773. The molecule has 0 heterocycles. The van der Waals surface area contributed by atoms with Gasteiger partial charge in [-0.2, -0.15) is 0 Å². The van der Waals surface area contributed by atoms with Crippen LogP contribution in [0.2, 0.25) is 0 Å². The molecule has 0 bridgehead atoms. The monoisotopic (exact) mass is 214 g/mol. The van der Waals surface area contributed by atoms with Gasteiger partial charge in [-0.15, -0.1) is 0 Å². The maximum absolute atomic E-state index is 11.3. The fraction of sp³-hybridized carbons (Fsp3) is 0.909. The molecule has 0 aliphatic heterocycles. The summed E-state index contributed by atoms with van der Waals surface area (Å²) in [7, 11) is 4.13. The second-order valence-corrected chi connectivity index (χ2v) is 4.78. The lowest BCUT2D eigenvalue weighted by Crippen LogP contribution is -2.57. The normalized spacial score (nSPS) is 18.8. The van der Waals surface area contributed by atoms with Crippen molar-refractivity contribution in [2.24, 2.45) is 0 Å². The Bertz CT molecular complexity index is 223. The van der Waals surface area contributed by atoms with E-state index in [1.54, 1.807) is 0 Å². The Labute approximate surface area is 92.0 Å². The Morgan fingerprint density at radius 1 is 1.47 bits per heavy atom. The van der Waals surface area contributed by atoms with Gasteiger partial charge in [0.1, 0.15) is 0 Å². The third-order valence-corrected chi connectivity index (χ3v) is 3.14. The maximum atomic E-state index is 11.3. The van der Waals surface area contributed by atoms with Gasteiger partial charge >= 0.3 is 6.09 Å². The summed E-state index contributed by atoms with van der Waals surface area (Å²) in [6.07, 6.45) is 3.20. The van der Waals surface area contributed by atoms with Crippen LogP contribution in [0.3, 0.4) is 0 Å². The van der Waals surface area contributed by atoms with Gasteiger partial charge in [-0.25, -0.2) is 4.79 Å². The van der Waals surface area contributed by atoms with Gasteiger partial charge in [0.15, 0.2) is 0 Å². The molecule has 4 nitrogen and oxygen atoms in total. The molecular formula is C11H22N2O2. The van der Waals surface area contributed by atoms with E-state index in [1.807, 2.05) is 13.8 Å². The van der Waals surface area contributed by atoms with Gasteiger partial charge in [0.25, 0.3) is 0 Å². The van der Waals surface area contributed by atoms with Crippen molar-refractivity contribution in [2.45, 2.75) is 44.8 Å². The van der Waals surface area contributed by atoms with Gasteiger partial charge in [-0.05, 0) is 47.2 Å². The van der Waals surface area contributed by atoms with Crippen LogP contribution >= 0.6 is 0 Å². The van der Waals surface area contributed by atoms with Crippen LogP contribution in [-0.4, -0.2) is 43.3 Å². The zero-order valence-corrected chi connectivity index (χ0v) is 10.2. The fourth-order valence-electron chi connectivity index (χ4n) is 1.86. The lowest BCUT2D eigenvalue weighted by atomic mass is 9.75. The predicted octanol–water partition coefficient (Wildman–Crippen LogP) is 1.61. The number of ether oxygens (including phenoxy) is 1. The number of rotatable bonds is 4. The van der Waals surface area contributed by atoms with E-state index in [9.17, 15) is 4.79 Å². The second kappa shape index (κ2) is 4.84. The van der Waals surface area contributed by atoms with Crippen LogP contribution in [0.15, 0.2) is 0 Å². The number of likely N-dealkylation sites (N-methyl/N-ethyl adjacent to an activating group) is 1. The lowest BCUT2D eigenvalue weighted by molar-refractivity contribution is 0.0536. The summed E-state index contributed by atoms with van der Waals surface area (Å²) in [5.41, 5.74) is 0.163. The summed E-state index contributed by atoms with van der Waals surface area (Å²) in [5, 5.41) is 2.84. The van der Waals surface area contributed by atoms with E-state index in [2.05, 4.69) is 24.3 Å². The summed E-state index contributed by atoms with van der Waals surface area (Å²) < 4.78 is 5.03. The van der Waals surface area contributed by atoms with Crippen molar-refractivity contribution in [3.63, 3.8) is 0 Å². The average molecular weight is 214 g/mol. The zero-order valence-electron chi connectivity index (χ0n) is 10.2. The molecule has 1 fully saturated rings. The number of nitrogens with one attached hydrogen (secondary N) is 1. The molecule has 0 aromatic rings. The molecule has 88 valence electrons. The Balaban J connectivity index is 2.32. The van der Waals surface area contributed by atoms with Gasteiger partial charge in [0, 0.05) is 12.1 Å². The fourth-order valence-corrected chi connectivity index (χ4v) is 1.86. The molecule has 0 spiro atoms. The van der Waals surface area contributed by atoms with Gasteiger partial charge in [0.05, 0.1) is 6.10 Å². The van der Waals surface area contributed by atoms with Crippen LogP contribution in [-0.2, 0) is 4.74 Å². The third-order valence-electron chi connectivity index (χ3n) is 3.14. The largest absolute Gasteiger partial charge is 0.447 e. The van der Waals surface area contributed by atoms with Crippen LogP contribution in [0.25, 0.3) is 0 Å². The molecule has 1 rings (SSSR count). The number of hydrogen-bond donors (Lipinski definition) is 1. The standard InChI is InChI=1S/C11H22N2O2/c1-9(2)15-10(14)12-8-11(13(3)4)6-5-7-11/h9H,5-8H2,1-4H3,(H,12,14). The Morgan fingerprint density at radius 2 is 2.07 bits per heavy atom. The van der Waals surface area contributed by atoms with Gasteiger partial charge in [-0.1, -0.05) is 0 Å². The highest BCUT2D eigenvalue weighted by atomic mass is 16.6. The van der Waals surface area contributed by atoms with E-state index in [1.165, 1.54) is 6.42 Å². The summed E-state index contributed by atoms with van der Waals surface area (Å²) in [6.45, 7) is 4.39. The molecule has 0 aromatic heterocycles. The predicted molar refractivity (Wildman–Crippen MR) is 59.9 cm³/mol. The van der Waals surface area contributed by atoms with Crippen molar-refractivity contribution in [3.05, 3.63) is 0 Å². The first-order valence-corrected chi connectivity index (χ1v) is 5.58. The van der Waals surface area contributed by atoms with Crippen molar-refractivity contribution in [1.29, 1.82) is 0 Å². The van der Waals surface area contributed by atoms with Gasteiger partial charge in [-0.3, -0.25) is 0 Å². The van der Waals surface area contributed by atoms with E-state index in [4.69, 9.17) is 4.74 Å². The average Bonchev–Trinajstić information content (AvgIpc) is 1.99. The molecule has 1 amide bonds. The SMILES string of the molecule is CC(C)OC(=O)NCC1(N(C)C)CCC1. The van der Waals surface area contributed by atoms with E-state index in [-0.39, 0.29) is 17.7 Å². The van der Waals surface area contributed by atoms with Crippen molar-refractivity contribution in [1.82, 2.24) is 10.2 Å².